The Hall–Kier alpha value is -1.47. The average molecular weight is 314 g/mol. The summed E-state index contributed by atoms with van der Waals surface area (Å²) >= 11 is 1.32. The minimum atomic E-state index is -0.694. The molecule has 0 spiro atoms. The number of carbonyl (C=O) groups excluding carboxylic acids is 2. The van der Waals surface area contributed by atoms with Crippen molar-refractivity contribution in [2.24, 2.45) is 5.73 Å². The van der Waals surface area contributed by atoms with Gasteiger partial charge < -0.3 is 19.8 Å². The maximum atomic E-state index is 11.9. The summed E-state index contributed by atoms with van der Waals surface area (Å²) in [7, 11) is 1.71. The van der Waals surface area contributed by atoms with E-state index in [2.05, 4.69) is 0 Å². The summed E-state index contributed by atoms with van der Waals surface area (Å²) in [5.41, 5.74) is 5.66. The van der Waals surface area contributed by atoms with Crippen LogP contribution >= 0.6 is 11.8 Å². The molecule has 0 saturated carbocycles. The number of carbonyl (C=O) groups is 2. The number of ether oxygens (including phenoxy) is 1. The van der Waals surface area contributed by atoms with Gasteiger partial charge in [-0.15, -0.1) is 11.8 Å². The van der Waals surface area contributed by atoms with Crippen LogP contribution in [0.5, 0.6) is 0 Å². The van der Waals surface area contributed by atoms with Crippen molar-refractivity contribution < 1.29 is 18.7 Å². The molecule has 2 N–H and O–H groups in total. The Kier molecular flexibility index (Phi) is 7.31. The van der Waals surface area contributed by atoms with Crippen LogP contribution in [0, 0.1) is 6.92 Å². The molecule has 0 saturated heterocycles. The lowest BCUT2D eigenvalue weighted by atomic mass is 10.4. The van der Waals surface area contributed by atoms with Gasteiger partial charge in [-0.25, -0.2) is 0 Å². The zero-order chi connectivity index (χ0) is 15.8. The van der Waals surface area contributed by atoms with Gasteiger partial charge >= 0.3 is 5.97 Å². The highest BCUT2D eigenvalue weighted by atomic mass is 32.2. The second-order valence-electron chi connectivity index (χ2n) is 4.64. The molecule has 0 radical (unpaired) electrons. The lowest BCUT2D eigenvalue weighted by molar-refractivity contribution is -0.144. The van der Waals surface area contributed by atoms with Crippen molar-refractivity contribution in [3.63, 3.8) is 0 Å². The predicted octanol–water partition coefficient (Wildman–Crippen LogP) is 1.17. The third-order valence-corrected chi connectivity index (χ3v) is 3.77. The van der Waals surface area contributed by atoms with Crippen LogP contribution in [0.25, 0.3) is 0 Å². The largest absolute Gasteiger partial charge is 0.465 e. The highest BCUT2D eigenvalue weighted by molar-refractivity contribution is 8.00. The number of nitrogens with two attached hydrogens (primary N) is 1. The number of rotatable bonds is 8. The summed E-state index contributed by atoms with van der Waals surface area (Å²) in [4.78, 5) is 24.8. The molecular weight excluding hydrogens is 292 g/mol. The van der Waals surface area contributed by atoms with Crippen LogP contribution in [-0.4, -0.2) is 48.0 Å². The Morgan fingerprint density at radius 3 is 2.76 bits per heavy atom. The minimum Gasteiger partial charge on any atom is -0.465 e. The first-order valence-corrected chi connectivity index (χ1v) is 7.88. The zero-order valence-electron chi connectivity index (χ0n) is 12.6. The lowest BCUT2D eigenvalue weighted by Gasteiger charge is -2.16. The second kappa shape index (κ2) is 8.74. The summed E-state index contributed by atoms with van der Waals surface area (Å²) in [5, 5.41) is 0. The van der Waals surface area contributed by atoms with Gasteiger partial charge in [0, 0.05) is 12.8 Å². The zero-order valence-corrected chi connectivity index (χ0v) is 13.4. The summed E-state index contributed by atoms with van der Waals surface area (Å²) in [6.45, 7) is 4.32. The molecule has 0 fully saturated rings. The van der Waals surface area contributed by atoms with Crippen LogP contribution < -0.4 is 5.73 Å². The number of hydrogen-bond donors (Lipinski definition) is 1. The fourth-order valence-electron chi connectivity index (χ4n) is 1.59. The number of aryl methyl sites for hydroxylation is 1. The van der Waals surface area contributed by atoms with Crippen molar-refractivity contribution in [2.45, 2.75) is 26.4 Å². The number of hydrogen-bond acceptors (Lipinski definition) is 6. The first-order chi connectivity index (χ1) is 9.93. The van der Waals surface area contributed by atoms with E-state index in [1.165, 1.54) is 11.8 Å². The van der Waals surface area contributed by atoms with E-state index >= 15 is 0 Å². The molecule has 6 nitrogen and oxygen atoms in total. The fourth-order valence-corrected chi connectivity index (χ4v) is 2.50. The molecule has 7 heteroatoms. The third kappa shape index (κ3) is 6.22. The van der Waals surface area contributed by atoms with Crippen molar-refractivity contribution in [1.29, 1.82) is 0 Å². The Balaban J connectivity index is 2.28. The Labute approximate surface area is 129 Å². The average Bonchev–Trinajstić information content (AvgIpc) is 2.83. The first-order valence-electron chi connectivity index (χ1n) is 6.73. The van der Waals surface area contributed by atoms with E-state index in [1.807, 2.05) is 19.1 Å². The Morgan fingerprint density at radius 1 is 1.48 bits per heavy atom. The number of nitrogens with zero attached hydrogens (tertiary/aromatic N) is 1. The lowest BCUT2D eigenvalue weighted by Crippen LogP contribution is -2.35. The summed E-state index contributed by atoms with van der Waals surface area (Å²) in [6, 6.07) is 3.02. The van der Waals surface area contributed by atoms with Crippen molar-refractivity contribution in [2.75, 3.05) is 25.2 Å². The van der Waals surface area contributed by atoms with Crippen molar-refractivity contribution in [3.8, 4) is 0 Å². The normalized spacial score (nSPS) is 12.0. The van der Waals surface area contributed by atoms with Gasteiger partial charge in [-0.3, -0.25) is 9.59 Å². The molecule has 0 aliphatic rings. The van der Waals surface area contributed by atoms with Gasteiger partial charge in [0.2, 0.25) is 5.91 Å². The molecule has 1 amide bonds. The highest BCUT2D eigenvalue weighted by Crippen LogP contribution is 2.10. The van der Waals surface area contributed by atoms with Gasteiger partial charge in [0.1, 0.15) is 17.6 Å². The van der Waals surface area contributed by atoms with Crippen molar-refractivity contribution >= 4 is 23.6 Å². The molecule has 0 bridgehead atoms. The van der Waals surface area contributed by atoms with Crippen LogP contribution in [0.4, 0.5) is 0 Å². The topological polar surface area (TPSA) is 85.8 Å². The van der Waals surface area contributed by atoms with Crippen molar-refractivity contribution in [1.82, 2.24) is 4.90 Å². The van der Waals surface area contributed by atoms with Gasteiger partial charge in [0.15, 0.2) is 0 Å². The number of esters is 1. The maximum Gasteiger partial charge on any atom is 0.323 e. The highest BCUT2D eigenvalue weighted by Gasteiger charge is 2.16. The first kappa shape index (κ1) is 17.6. The van der Waals surface area contributed by atoms with E-state index in [9.17, 15) is 9.59 Å². The van der Waals surface area contributed by atoms with Crippen LogP contribution in [0.3, 0.4) is 0 Å². The van der Waals surface area contributed by atoms with Gasteiger partial charge in [-0.2, -0.15) is 0 Å². The van der Waals surface area contributed by atoms with Gasteiger partial charge in [0.05, 0.1) is 18.9 Å². The van der Waals surface area contributed by atoms with E-state index in [0.717, 1.165) is 11.5 Å². The van der Waals surface area contributed by atoms with Crippen molar-refractivity contribution in [3.05, 3.63) is 23.7 Å². The van der Waals surface area contributed by atoms with Crippen LogP contribution in [0.2, 0.25) is 0 Å². The molecule has 1 unspecified atom stereocenters. The summed E-state index contributed by atoms with van der Waals surface area (Å²) in [6.07, 6.45) is 0. The summed E-state index contributed by atoms with van der Waals surface area (Å²) < 4.78 is 10.2. The molecule has 1 aromatic heterocycles. The third-order valence-electron chi connectivity index (χ3n) is 2.73. The van der Waals surface area contributed by atoms with E-state index in [4.69, 9.17) is 14.9 Å². The summed E-state index contributed by atoms with van der Waals surface area (Å²) in [5.74, 6) is 1.72. The standard InChI is InChI=1S/C14H22N2O4S/c1-4-19-14(18)12(15)8-21-9-13(17)16(3)7-11-6-5-10(2)20-11/h5-6,12H,4,7-9,15H2,1-3H3. The fraction of sp³-hybridized carbons (Fsp3) is 0.571. The molecular formula is C14H22N2O4S. The molecule has 1 rings (SSSR count). The van der Waals surface area contributed by atoms with Gasteiger partial charge in [-0.05, 0) is 26.0 Å². The molecule has 118 valence electrons. The van der Waals surface area contributed by atoms with Gasteiger partial charge in [0.25, 0.3) is 0 Å². The van der Waals surface area contributed by atoms with Crippen LogP contribution in [0.15, 0.2) is 16.5 Å². The Morgan fingerprint density at radius 2 is 2.19 bits per heavy atom. The Bertz CT molecular complexity index is 475. The van der Waals surface area contributed by atoms with Crippen LogP contribution in [0.1, 0.15) is 18.4 Å². The predicted molar refractivity (Wildman–Crippen MR) is 81.9 cm³/mol. The monoisotopic (exact) mass is 314 g/mol. The molecule has 0 aliphatic heterocycles. The smallest absolute Gasteiger partial charge is 0.323 e. The van der Waals surface area contributed by atoms with Gasteiger partial charge in [-0.1, -0.05) is 0 Å². The maximum absolute atomic E-state index is 11.9. The number of amides is 1. The molecule has 1 heterocycles. The van der Waals surface area contributed by atoms with E-state index < -0.39 is 12.0 Å². The van der Waals surface area contributed by atoms with Crippen LogP contribution in [-0.2, 0) is 20.9 Å². The molecule has 1 atom stereocenters. The molecule has 1 aromatic rings. The molecule has 0 aromatic carbocycles. The van der Waals surface area contributed by atoms with E-state index in [0.29, 0.717) is 18.9 Å². The quantitative estimate of drug-likeness (QED) is 0.725. The molecule has 0 aliphatic carbocycles. The van der Waals surface area contributed by atoms with E-state index in [1.54, 1.807) is 18.9 Å². The number of furan rings is 1. The SMILES string of the molecule is CCOC(=O)C(N)CSCC(=O)N(C)Cc1ccc(C)o1. The minimum absolute atomic E-state index is 0.0369. The van der Waals surface area contributed by atoms with E-state index in [-0.39, 0.29) is 11.7 Å². The number of thioether (sulfide) groups is 1. The molecule has 21 heavy (non-hydrogen) atoms. The second-order valence-corrected chi connectivity index (χ2v) is 5.67.